The third-order valence-corrected chi connectivity index (χ3v) is 4.67. The summed E-state index contributed by atoms with van der Waals surface area (Å²) in [5.74, 6) is 0.902. The Morgan fingerprint density at radius 1 is 1.00 bits per heavy atom. The standard InChI is InChI=1S/C20H19N5/c21-14-17-13-20(23-19-4-2-1-3-18(17)19)25-11-9-24(10-12-25)15-16-5-7-22-8-6-16/h1-8,13H,9-12,15H2. The third-order valence-electron chi connectivity index (χ3n) is 4.67. The molecule has 1 aromatic carbocycles. The predicted molar refractivity (Wildman–Crippen MR) is 98.2 cm³/mol. The molecule has 0 amide bonds. The lowest BCUT2D eigenvalue weighted by atomic mass is 10.1. The number of aromatic nitrogens is 2. The summed E-state index contributed by atoms with van der Waals surface area (Å²) in [4.78, 5) is 13.6. The normalized spacial score (nSPS) is 15.2. The Morgan fingerprint density at radius 2 is 1.76 bits per heavy atom. The minimum atomic E-state index is 0.694. The molecule has 1 aliphatic rings. The summed E-state index contributed by atoms with van der Waals surface area (Å²) < 4.78 is 0. The van der Waals surface area contributed by atoms with Gasteiger partial charge in [-0.2, -0.15) is 5.26 Å². The smallest absolute Gasteiger partial charge is 0.130 e. The van der Waals surface area contributed by atoms with Crippen LogP contribution in [-0.4, -0.2) is 41.0 Å². The summed E-state index contributed by atoms with van der Waals surface area (Å²) in [6.07, 6.45) is 3.68. The molecule has 0 bridgehead atoms. The Kier molecular flexibility index (Phi) is 4.28. The molecule has 3 aromatic rings. The second-order valence-corrected chi connectivity index (χ2v) is 6.28. The fraction of sp³-hybridized carbons (Fsp3) is 0.250. The van der Waals surface area contributed by atoms with Crippen molar-refractivity contribution in [1.82, 2.24) is 14.9 Å². The number of rotatable bonds is 3. The van der Waals surface area contributed by atoms with E-state index in [0.29, 0.717) is 5.56 Å². The molecule has 1 saturated heterocycles. The Morgan fingerprint density at radius 3 is 2.52 bits per heavy atom. The first-order valence-corrected chi connectivity index (χ1v) is 8.49. The maximum atomic E-state index is 9.45. The summed E-state index contributed by atoms with van der Waals surface area (Å²) in [6.45, 7) is 4.75. The van der Waals surface area contributed by atoms with Crippen molar-refractivity contribution in [3.8, 4) is 6.07 Å². The highest BCUT2D eigenvalue weighted by Gasteiger charge is 2.19. The zero-order chi connectivity index (χ0) is 17.1. The van der Waals surface area contributed by atoms with E-state index in [9.17, 15) is 5.26 Å². The van der Waals surface area contributed by atoms with Gasteiger partial charge >= 0.3 is 0 Å². The Labute approximate surface area is 147 Å². The van der Waals surface area contributed by atoms with Gasteiger partial charge < -0.3 is 4.90 Å². The fourth-order valence-electron chi connectivity index (χ4n) is 3.30. The molecular weight excluding hydrogens is 310 g/mol. The van der Waals surface area contributed by atoms with Gasteiger partial charge in [0.1, 0.15) is 5.82 Å². The molecule has 25 heavy (non-hydrogen) atoms. The van der Waals surface area contributed by atoms with Gasteiger partial charge in [0.25, 0.3) is 0 Å². The number of piperazine rings is 1. The highest BCUT2D eigenvalue weighted by Crippen LogP contribution is 2.23. The van der Waals surface area contributed by atoms with Gasteiger partial charge in [-0.3, -0.25) is 9.88 Å². The molecule has 0 unspecified atom stereocenters. The third kappa shape index (κ3) is 3.30. The molecule has 5 nitrogen and oxygen atoms in total. The molecule has 0 saturated carbocycles. The zero-order valence-corrected chi connectivity index (χ0v) is 14.0. The van der Waals surface area contributed by atoms with Crippen molar-refractivity contribution >= 4 is 16.7 Å². The monoisotopic (exact) mass is 329 g/mol. The van der Waals surface area contributed by atoms with Gasteiger partial charge in [-0.1, -0.05) is 18.2 Å². The number of hydrogen-bond donors (Lipinski definition) is 0. The predicted octanol–water partition coefficient (Wildman–Crippen LogP) is 2.82. The Bertz CT molecular complexity index is 908. The zero-order valence-electron chi connectivity index (χ0n) is 14.0. The average molecular weight is 329 g/mol. The van der Waals surface area contributed by atoms with Gasteiger partial charge in [0.2, 0.25) is 0 Å². The van der Waals surface area contributed by atoms with Crippen LogP contribution in [0.1, 0.15) is 11.1 Å². The number of pyridine rings is 2. The van der Waals surface area contributed by atoms with E-state index in [1.807, 2.05) is 42.7 Å². The number of nitrogens with zero attached hydrogens (tertiary/aromatic N) is 5. The van der Waals surface area contributed by atoms with E-state index in [-0.39, 0.29) is 0 Å². The molecule has 4 rings (SSSR count). The largest absolute Gasteiger partial charge is 0.354 e. The SMILES string of the molecule is N#Cc1cc(N2CCN(Cc3ccncc3)CC2)nc2ccccc12. The first-order valence-electron chi connectivity index (χ1n) is 8.49. The van der Waals surface area contributed by atoms with Crippen molar-refractivity contribution in [3.63, 3.8) is 0 Å². The van der Waals surface area contributed by atoms with E-state index in [0.717, 1.165) is 49.4 Å². The average Bonchev–Trinajstić information content (AvgIpc) is 2.68. The van der Waals surface area contributed by atoms with Crippen LogP contribution in [0.3, 0.4) is 0 Å². The molecule has 0 aliphatic carbocycles. The molecule has 124 valence electrons. The number of para-hydroxylation sites is 1. The van der Waals surface area contributed by atoms with Gasteiger partial charge in [0.05, 0.1) is 17.1 Å². The maximum Gasteiger partial charge on any atom is 0.130 e. The van der Waals surface area contributed by atoms with Crippen molar-refractivity contribution in [2.24, 2.45) is 0 Å². The Balaban J connectivity index is 1.49. The molecule has 2 aromatic heterocycles. The van der Waals surface area contributed by atoms with Gasteiger partial charge in [0, 0.05) is 50.5 Å². The van der Waals surface area contributed by atoms with Crippen molar-refractivity contribution in [2.75, 3.05) is 31.1 Å². The van der Waals surface area contributed by atoms with Crippen LogP contribution in [0.5, 0.6) is 0 Å². The maximum absolute atomic E-state index is 9.45. The second-order valence-electron chi connectivity index (χ2n) is 6.28. The van der Waals surface area contributed by atoms with Crippen LogP contribution in [-0.2, 0) is 6.54 Å². The number of fused-ring (bicyclic) bond motifs is 1. The molecule has 3 heterocycles. The van der Waals surface area contributed by atoms with Crippen molar-refractivity contribution in [3.05, 3.63) is 66.0 Å². The van der Waals surface area contributed by atoms with Gasteiger partial charge in [0.15, 0.2) is 0 Å². The topological polar surface area (TPSA) is 56.1 Å². The van der Waals surface area contributed by atoms with Crippen LogP contribution >= 0.6 is 0 Å². The van der Waals surface area contributed by atoms with Crippen LogP contribution in [0.15, 0.2) is 54.9 Å². The number of benzene rings is 1. The molecule has 0 atom stereocenters. The molecule has 1 fully saturated rings. The van der Waals surface area contributed by atoms with Gasteiger partial charge in [-0.25, -0.2) is 4.98 Å². The van der Waals surface area contributed by atoms with E-state index in [1.54, 1.807) is 0 Å². The van der Waals surface area contributed by atoms with Crippen molar-refractivity contribution < 1.29 is 0 Å². The summed E-state index contributed by atoms with van der Waals surface area (Å²) in [6, 6.07) is 16.2. The molecule has 0 spiro atoms. The molecule has 0 radical (unpaired) electrons. The van der Waals surface area contributed by atoms with Crippen molar-refractivity contribution in [2.45, 2.75) is 6.54 Å². The minimum Gasteiger partial charge on any atom is -0.354 e. The quantitative estimate of drug-likeness (QED) is 0.739. The first kappa shape index (κ1) is 15.6. The van der Waals surface area contributed by atoms with Crippen LogP contribution in [0.2, 0.25) is 0 Å². The lowest BCUT2D eigenvalue weighted by Crippen LogP contribution is -2.46. The summed E-state index contributed by atoms with van der Waals surface area (Å²) in [5, 5.41) is 10.4. The van der Waals surface area contributed by atoms with Crippen molar-refractivity contribution in [1.29, 1.82) is 5.26 Å². The van der Waals surface area contributed by atoms with Gasteiger partial charge in [-0.05, 0) is 29.8 Å². The van der Waals surface area contributed by atoms with E-state index in [2.05, 4.69) is 33.0 Å². The summed E-state index contributed by atoms with van der Waals surface area (Å²) in [5.41, 5.74) is 2.87. The second kappa shape index (κ2) is 6.88. The van der Waals surface area contributed by atoms with Crippen LogP contribution in [0.4, 0.5) is 5.82 Å². The minimum absolute atomic E-state index is 0.694. The highest BCUT2D eigenvalue weighted by molar-refractivity contribution is 5.86. The number of hydrogen-bond acceptors (Lipinski definition) is 5. The van der Waals surface area contributed by atoms with E-state index in [4.69, 9.17) is 4.98 Å². The van der Waals surface area contributed by atoms with Crippen LogP contribution in [0, 0.1) is 11.3 Å². The lowest BCUT2D eigenvalue weighted by Gasteiger charge is -2.35. The first-order chi connectivity index (χ1) is 12.3. The number of nitriles is 1. The highest BCUT2D eigenvalue weighted by atomic mass is 15.3. The molecule has 5 heteroatoms. The molecule has 0 N–H and O–H groups in total. The fourth-order valence-corrected chi connectivity index (χ4v) is 3.30. The van der Waals surface area contributed by atoms with E-state index in [1.165, 1.54) is 5.56 Å². The van der Waals surface area contributed by atoms with Crippen LogP contribution < -0.4 is 4.90 Å². The van der Waals surface area contributed by atoms with Crippen LogP contribution in [0.25, 0.3) is 10.9 Å². The number of anilines is 1. The molecular formula is C20H19N5. The summed E-state index contributed by atoms with van der Waals surface area (Å²) in [7, 11) is 0. The molecule has 1 aliphatic heterocycles. The van der Waals surface area contributed by atoms with E-state index < -0.39 is 0 Å². The van der Waals surface area contributed by atoms with E-state index >= 15 is 0 Å². The Hall–Kier alpha value is -2.97. The lowest BCUT2D eigenvalue weighted by molar-refractivity contribution is 0.249. The van der Waals surface area contributed by atoms with Gasteiger partial charge in [-0.15, -0.1) is 0 Å². The summed E-state index contributed by atoms with van der Waals surface area (Å²) >= 11 is 0.